The van der Waals surface area contributed by atoms with E-state index in [1.165, 1.54) is 0 Å². The molecule has 108 valence electrons. The van der Waals surface area contributed by atoms with Gasteiger partial charge in [-0.25, -0.2) is 9.97 Å². The molecule has 0 saturated carbocycles. The molecule has 3 heteroatoms. The molecule has 0 bridgehead atoms. The summed E-state index contributed by atoms with van der Waals surface area (Å²) in [5.74, 6) is 0.127. The maximum absolute atomic E-state index is 12.2. The van der Waals surface area contributed by atoms with E-state index in [9.17, 15) is 4.79 Å². The monoisotopic (exact) mass is 296 g/mol. The van der Waals surface area contributed by atoms with E-state index >= 15 is 0 Å². The van der Waals surface area contributed by atoms with Gasteiger partial charge >= 0.3 is 0 Å². The molecule has 2 aromatic carbocycles. The maximum Gasteiger partial charge on any atom is 0.168 e. The van der Waals surface area contributed by atoms with Crippen LogP contribution in [0, 0.1) is 0 Å². The summed E-state index contributed by atoms with van der Waals surface area (Å²) in [6, 6.07) is 16.2. The van der Waals surface area contributed by atoms with E-state index in [1.807, 2.05) is 48.6 Å². The summed E-state index contributed by atoms with van der Waals surface area (Å²) >= 11 is 0. The highest BCUT2D eigenvalue weighted by molar-refractivity contribution is 6.12. The van der Waals surface area contributed by atoms with E-state index in [2.05, 4.69) is 17.1 Å². The van der Waals surface area contributed by atoms with Gasteiger partial charge in [0.05, 0.1) is 22.2 Å². The lowest BCUT2D eigenvalue weighted by atomic mass is 9.97. The van der Waals surface area contributed by atoms with Gasteiger partial charge in [0.2, 0.25) is 0 Å². The van der Waals surface area contributed by atoms with Crippen LogP contribution in [-0.2, 0) is 0 Å². The maximum atomic E-state index is 12.2. The molecule has 4 aromatic rings. The van der Waals surface area contributed by atoms with Crippen molar-refractivity contribution in [1.82, 2.24) is 9.97 Å². The van der Waals surface area contributed by atoms with Gasteiger partial charge in [0, 0.05) is 28.1 Å². The Balaban J connectivity index is 1.94. The summed E-state index contributed by atoms with van der Waals surface area (Å²) in [7, 11) is 0. The van der Waals surface area contributed by atoms with Crippen LogP contribution in [0.15, 0.2) is 54.6 Å². The van der Waals surface area contributed by atoms with Gasteiger partial charge in [-0.2, -0.15) is 0 Å². The van der Waals surface area contributed by atoms with Crippen LogP contribution < -0.4 is 0 Å². The van der Waals surface area contributed by atoms with Crippen molar-refractivity contribution >= 4 is 44.6 Å². The van der Waals surface area contributed by atoms with Crippen LogP contribution in [0.25, 0.3) is 38.8 Å². The van der Waals surface area contributed by atoms with Crippen LogP contribution in [0.5, 0.6) is 0 Å². The minimum Gasteiger partial charge on any atom is -0.294 e. The summed E-state index contributed by atoms with van der Waals surface area (Å²) in [4.78, 5) is 21.6. The lowest BCUT2D eigenvalue weighted by molar-refractivity contribution is 0.0994. The Morgan fingerprint density at radius 1 is 0.826 bits per heavy atom. The van der Waals surface area contributed by atoms with Gasteiger partial charge in [0.1, 0.15) is 0 Å². The van der Waals surface area contributed by atoms with Gasteiger partial charge in [0.15, 0.2) is 5.78 Å². The number of hydrogen-bond acceptors (Lipinski definition) is 3. The van der Waals surface area contributed by atoms with Crippen LogP contribution in [0.1, 0.15) is 22.5 Å². The van der Waals surface area contributed by atoms with Crippen molar-refractivity contribution in [2.45, 2.75) is 6.42 Å². The summed E-state index contributed by atoms with van der Waals surface area (Å²) in [6.07, 6.45) is 4.25. The fourth-order valence-corrected chi connectivity index (χ4v) is 3.25. The van der Waals surface area contributed by atoms with Gasteiger partial charge in [-0.15, -0.1) is 0 Å². The highest BCUT2D eigenvalue weighted by Crippen LogP contribution is 2.29. The molecule has 0 N–H and O–H groups in total. The van der Waals surface area contributed by atoms with Gasteiger partial charge in [-0.05, 0) is 36.4 Å². The summed E-state index contributed by atoms with van der Waals surface area (Å²) in [5, 5.41) is 3.12. The van der Waals surface area contributed by atoms with Crippen molar-refractivity contribution in [1.29, 1.82) is 0 Å². The second-order valence-electron chi connectivity index (χ2n) is 5.83. The molecule has 0 radical (unpaired) electrons. The molecular formula is C20H12N2O. The van der Waals surface area contributed by atoms with E-state index in [4.69, 9.17) is 4.98 Å². The predicted octanol–water partition coefficient (Wildman–Crippen LogP) is 4.54. The number of para-hydroxylation sites is 1. The van der Waals surface area contributed by atoms with Crippen molar-refractivity contribution in [3.63, 3.8) is 0 Å². The molecule has 1 aliphatic rings. The number of carbonyl (C=O) groups is 1. The Bertz CT molecular complexity index is 1160. The molecule has 0 atom stereocenters. The van der Waals surface area contributed by atoms with Crippen molar-refractivity contribution in [2.75, 3.05) is 0 Å². The predicted molar refractivity (Wildman–Crippen MR) is 92.5 cm³/mol. The molecule has 0 unspecified atom stereocenters. The first-order chi connectivity index (χ1) is 11.3. The van der Waals surface area contributed by atoms with Crippen LogP contribution in [0.4, 0.5) is 0 Å². The second-order valence-corrected chi connectivity index (χ2v) is 5.83. The molecule has 0 saturated heterocycles. The average molecular weight is 296 g/mol. The van der Waals surface area contributed by atoms with Gasteiger partial charge in [0.25, 0.3) is 0 Å². The summed E-state index contributed by atoms with van der Waals surface area (Å²) in [5.41, 5.74) is 4.27. The molecular weight excluding hydrogens is 284 g/mol. The molecule has 2 aromatic heterocycles. The third-order valence-electron chi connectivity index (χ3n) is 4.40. The quantitative estimate of drug-likeness (QED) is 0.353. The first kappa shape index (κ1) is 12.5. The fourth-order valence-electron chi connectivity index (χ4n) is 3.25. The third kappa shape index (κ3) is 1.80. The largest absolute Gasteiger partial charge is 0.294 e. The Kier molecular flexibility index (Phi) is 2.42. The first-order valence-corrected chi connectivity index (χ1v) is 7.63. The van der Waals surface area contributed by atoms with Crippen LogP contribution >= 0.6 is 0 Å². The SMILES string of the molecule is O=C1CC=Cc2nc3ccc4nc5ccccc5cc4c3cc21. The lowest BCUT2D eigenvalue weighted by Gasteiger charge is -2.11. The van der Waals surface area contributed by atoms with Crippen LogP contribution in [-0.4, -0.2) is 15.8 Å². The highest BCUT2D eigenvalue weighted by atomic mass is 16.1. The van der Waals surface area contributed by atoms with E-state index in [1.54, 1.807) is 0 Å². The molecule has 0 spiro atoms. The molecule has 0 amide bonds. The standard InChI is InChI=1S/C20H12N2O/c23-20-7-3-6-17-15(20)11-14-13-10-12-4-1-2-5-16(12)21-18(13)8-9-19(14)22-17/h1-6,8-11H,7H2. The zero-order chi connectivity index (χ0) is 15.4. The lowest BCUT2D eigenvalue weighted by Crippen LogP contribution is -2.06. The molecule has 3 nitrogen and oxygen atoms in total. The minimum absolute atomic E-state index is 0.127. The van der Waals surface area contributed by atoms with E-state index < -0.39 is 0 Å². The summed E-state index contributed by atoms with van der Waals surface area (Å²) < 4.78 is 0. The highest BCUT2D eigenvalue weighted by Gasteiger charge is 2.16. The van der Waals surface area contributed by atoms with E-state index in [-0.39, 0.29) is 5.78 Å². The Hall–Kier alpha value is -3.07. The van der Waals surface area contributed by atoms with Gasteiger partial charge < -0.3 is 0 Å². The van der Waals surface area contributed by atoms with Crippen molar-refractivity contribution in [3.8, 4) is 0 Å². The number of rotatable bonds is 0. The summed E-state index contributed by atoms with van der Waals surface area (Å²) in [6.45, 7) is 0. The smallest absolute Gasteiger partial charge is 0.168 e. The van der Waals surface area contributed by atoms with Crippen molar-refractivity contribution < 1.29 is 4.79 Å². The van der Waals surface area contributed by atoms with E-state index in [0.717, 1.165) is 38.4 Å². The third-order valence-corrected chi connectivity index (χ3v) is 4.40. The fraction of sp³-hybridized carbons (Fsp3) is 0.0500. The molecule has 1 aliphatic carbocycles. The molecule has 0 fully saturated rings. The molecule has 23 heavy (non-hydrogen) atoms. The zero-order valence-corrected chi connectivity index (χ0v) is 12.3. The second kappa shape index (κ2) is 4.46. The van der Waals surface area contributed by atoms with E-state index in [0.29, 0.717) is 12.0 Å². The number of aromatic nitrogens is 2. The molecule has 2 heterocycles. The number of Topliss-reactive ketones (excluding diaryl/α,β-unsaturated/α-hetero) is 1. The molecule has 5 rings (SSSR count). The number of fused-ring (bicyclic) bond motifs is 5. The first-order valence-electron chi connectivity index (χ1n) is 7.63. The Labute approximate surface area is 132 Å². The van der Waals surface area contributed by atoms with Crippen molar-refractivity contribution in [2.24, 2.45) is 0 Å². The number of pyridine rings is 2. The Morgan fingerprint density at radius 3 is 2.52 bits per heavy atom. The minimum atomic E-state index is 0.127. The van der Waals surface area contributed by atoms with Crippen LogP contribution in [0.3, 0.4) is 0 Å². The number of nitrogens with zero attached hydrogens (tertiary/aromatic N) is 2. The number of allylic oxidation sites excluding steroid dienone is 1. The number of carbonyl (C=O) groups excluding carboxylic acids is 1. The topological polar surface area (TPSA) is 42.9 Å². The number of hydrogen-bond donors (Lipinski definition) is 0. The zero-order valence-electron chi connectivity index (χ0n) is 12.3. The molecule has 0 aliphatic heterocycles. The Morgan fingerprint density at radius 2 is 1.61 bits per heavy atom. The normalized spacial score (nSPS) is 13.8. The van der Waals surface area contributed by atoms with Crippen molar-refractivity contribution in [3.05, 3.63) is 65.9 Å². The van der Waals surface area contributed by atoms with Gasteiger partial charge in [-0.3, -0.25) is 4.79 Å². The number of ketones is 1. The van der Waals surface area contributed by atoms with Crippen LogP contribution in [0.2, 0.25) is 0 Å². The van der Waals surface area contributed by atoms with Gasteiger partial charge in [-0.1, -0.05) is 24.3 Å². The number of benzene rings is 2. The average Bonchev–Trinajstić information content (AvgIpc) is 2.59.